The third-order valence-electron chi connectivity index (χ3n) is 5.59. The minimum absolute atomic E-state index is 0.519. The van der Waals surface area contributed by atoms with E-state index in [1.54, 1.807) is 12.4 Å². The number of aromatic nitrogens is 2. The summed E-state index contributed by atoms with van der Waals surface area (Å²) in [6, 6.07) is 19.1. The standard InChI is InChI=1S/C30H34N6O4/c1-5-37-25-15-13-21(17-27(25)39-7-3)19-31-33-29-23-11-9-10-12-24(23)30(36-35-29)34-32-20-22-14-16-26(38-6-2)28(18-22)40-8-4/h9-20H,5-8H2,1-4H3,(H,33,35)(H,34,36). The number of benzene rings is 3. The average Bonchev–Trinajstić information content (AvgIpc) is 2.97. The van der Waals surface area contributed by atoms with Crippen molar-refractivity contribution >= 4 is 34.8 Å². The number of nitrogens with zero attached hydrogens (tertiary/aromatic N) is 4. The summed E-state index contributed by atoms with van der Waals surface area (Å²) < 4.78 is 22.7. The van der Waals surface area contributed by atoms with E-state index in [4.69, 9.17) is 18.9 Å². The van der Waals surface area contributed by atoms with Gasteiger partial charge in [0.15, 0.2) is 34.6 Å². The molecule has 0 amide bonds. The summed E-state index contributed by atoms with van der Waals surface area (Å²) in [5.41, 5.74) is 7.71. The lowest BCUT2D eigenvalue weighted by molar-refractivity contribution is 0.288. The van der Waals surface area contributed by atoms with E-state index in [9.17, 15) is 0 Å². The Balaban J connectivity index is 1.49. The molecule has 0 bridgehead atoms. The highest BCUT2D eigenvalue weighted by Crippen LogP contribution is 2.30. The van der Waals surface area contributed by atoms with Gasteiger partial charge < -0.3 is 18.9 Å². The first-order valence-corrected chi connectivity index (χ1v) is 13.3. The van der Waals surface area contributed by atoms with Crippen LogP contribution in [0, 0.1) is 0 Å². The Labute approximate surface area is 234 Å². The minimum Gasteiger partial charge on any atom is -0.490 e. The molecule has 208 valence electrons. The van der Waals surface area contributed by atoms with Crippen molar-refractivity contribution in [1.29, 1.82) is 0 Å². The van der Waals surface area contributed by atoms with Crippen LogP contribution in [0.15, 0.2) is 70.9 Å². The van der Waals surface area contributed by atoms with Crippen LogP contribution in [0.1, 0.15) is 38.8 Å². The van der Waals surface area contributed by atoms with Gasteiger partial charge in [-0.15, -0.1) is 10.2 Å². The largest absolute Gasteiger partial charge is 0.490 e. The quantitative estimate of drug-likeness (QED) is 0.145. The predicted octanol–water partition coefficient (Wildman–Crippen LogP) is 6.12. The monoisotopic (exact) mass is 542 g/mol. The summed E-state index contributed by atoms with van der Waals surface area (Å²) in [5.74, 6) is 3.79. The van der Waals surface area contributed by atoms with Gasteiger partial charge in [0.25, 0.3) is 0 Å². The highest BCUT2D eigenvalue weighted by molar-refractivity contribution is 5.98. The van der Waals surface area contributed by atoms with Gasteiger partial charge in [-0.3, -0.25) is 10.9 Å². The van der Waals surface area contributed by atoms with Crippen LogP contribution in [-0.4, -0.2) is 49.1 Å². The number of hydrogen-bond donors (Lipinski definition) is 2. The van der Waals surface area contributed by atoms with E-state index in [-0.39, 0.29) is 0 Å². The van der Waals surface area contributed by atoms with E-state index in [2.05, 4.69) is 31.3 Å². The van der Waals surface area contributed by atoms with Gasteiger partial charge >= 0.3 is 0 Å². The molecule has 4 rings (SSSR count). The second kappa shape index (κ2) is 14.3. The van der Waals surface area contributed by atoms with Crippen LogP contribution in [0.2, 0.25) is 0 Å². The number of hydrogen-bond acceptors (Lipinski definition) is 10. The number of nitrogens with one attached hydrogen (secondary N) is 2. The van der Waals surface area contributed by atoms with Crippen molar-refractivity contribution < 1.29 is 18.9 Å². The molecule has 4 aromatic rings. The van der Waals surface area contributed by atoms with E-state index in [0.29, 0.717) is 61.1 Å². The zero-order chi connectivity index (χ0) is 28.2. The summed E-state index contributed by atoms with van der Waals surface area (Å²) in [7, 11) is 0. The molecule has 0 radical (unpaired) electrons. The van der Waals surface area contributed by atoms with E-state index >= 15 is 0 Å². The van der Waals surface area contributed by atoms with Crippen molar-refractivity contribution in [3.63, 3.8) is 0 Å². The molecular formula is C30H34N6O4. The molecule has 10 heteroatoms. The SMILES string of the molecule is CCOc1ccc(C=NNc2nnc(NN=Cc3ccc(OCC)c(OCC)c3)c3ccccc23)cc1OCC. The second-order valence-corrected chi connectivity index (χ2v) is 8.33. The van der Waals surface area contributed by atoms with Gasteiger partial charge in [-0.25, -0.2) is 0 Å². The van der Waals surface area contributed by atoms with Gasteiger partial charge in [-0.2, -0.15) is 10.2 Å². The Morgan fingerprint density at radius 2 is 0.975 bits per heavy atom. The molecule has 0 aliphatic rings. The maximum atomic E-state index is 5.70. The van der Waals surface area contributed by atoms with Crippen LogP contribution >= 0.6 is 0 Å². The zero-order valence-electron chi connectivity index (χ0n) is 23.2. The summed E-state index contributed by atoms with van der Waals surface area (Å²) in [5, 5.41) is 19.1. The molecule has 0 unspecified atom stereocenters. The van der Waals surface area contributed by atoms with Gasteiger partial charge in [-0.05, 0) is 75.2 Å². The maximum absolute atomic E-state index is 5.70. The third-order valence-corrected chi connectivity index (χ3v) is 5.59. The summed E-state index contributed by atoms with van der Waals surface area (Å²) in [6.07, 6.45) is 3.39. The van der Waals surface area contributed by atoms with Crippen LogP contribution in [0.4, 0.5) is 11.6 Å². The first-order valence-electron chi connectivity index (χ1n) is 13.3. The smallest absolute Gasteiger partial charge is 0.176 e. The Kier molecular flexibility index (Phi) is 10.1. The normalized spacial score (nSPS) is 11.2. The maximum Gasteiger partial charge on any atom is 0.176 e. The highest BCUT2D eigenvalue weighted by Gasteiger charge is 2.09. The van der Waals surface area contributed by atoms with Gasteiger partial charge in [-0.1, -0.05) is 24.3 Å². The lowest BCUT2D eigenvalue weighted by Crippen LogP contribution is -2.02. The van der Waals surface area contributed by atoms with Crippen molar-refractivity contribution in [1.82, 2.24) is 10.2 Å². The van der Waals surface area contributed by atoms with Crippen molar-refractivity contribution in [2.45, 2.75) is 27.7 Å². The molecule has 1 heterocycles. The number of ether oxygens (including phenoxy) is 4. The Morgan fingerprint density at radius 1 is 0.575 bits per heavy atom. The summed E-state index contributed by atoms with van der Waals surface area (Å²) in [4.78, 5) is 0. The summed E-state index contributed by atoms with van der Waals surface area (Å²) in [6.45, 7) is 9.95. The molecule has 0 spiro atoms. The van der Waals surface area contributed by atoms with E-state index in [1.165, 1.54) is 0 Å². The molecule has 0 fully saturated rings. The number of rotatable bonds is 14. The fourth-order valence-electron chi connectivity index (χ4n) is 3.90. The molecule has 40 heavy (non-hydrogen) atoms. The molecular weight excluding hydrogens is 508 g/mol. The van der Waals surface area contributed by atoms with E-state index in [0.717, 1.165) is 21.9 Å². The van der Waals surface area contributed by atoms with Crippen molar-refractivity contribution in [3.8, 4) is 23.0 Å². The number of anilines is 2. The van der Waals surface area contributed by atoms with Crippen LogP contribution < -0.4 is 29.8 Å². The fourth-order valence-corrected chi connectivity index (χ4v) is 3.90. The average molecular weight is 543 g/mol. The van der Waals surface area contributed by atoms with Crippen molar-refractivity contribution in [2.24, 2.45) is 10.2 Å². The van der Waals surface area contributed by atoms with Crippen LogP contribution in [0.3, 0.4) is 0 Å². The van der Waals surface area contributed by atoms with Gasteiger partial charge in [0.05, 0.1) is 38.9 Å². The summed E-state index contributed by atoms with van der Waals surface area (Å²) >= 11 is 0. The topological polar surface area (TPSA) is 111 Å². The lowest BCUT2D eigenvalue weighted by atomic mass is 10.2. The highest BCUT2D eigenvalue weighted by atomic mass is 16.5. The molecule has 3 aromatic carbocycles. The first-order chi connectivity index (χ1) is 19.7. The lowest BCUT2D eigenvalue weighted by Gasteiger charge is -2.11. The molecule has 0 aliphatic heterocycles. The van der Waals surface area contributed by atoms with Crippen molar-refractivity contribution in [2.75, 3.05) is 37.3 Å². The molecule has 0 atom stereocenters. The minimum atomic E-state index is 0.519. The van der Waals surface area contributed by atoms with Crippen LogP contribution in [0.5, 0.6) is 23.0 Å². The molecule has 0 saturated heterocycles. The van der Waals surface area contributed by atoms with E-state index < -0.39 is 0 Å². The first kappa shape index (κ1) is 28.2. The van der Waals surface area contributed by atoms with Gasteiger partial charge in [0.1, 0.15) is 0 Å². The van der Waals surface area contributed by atoms with E-state index in [1.807, 2.05) is 88.4 Å². The Morgan fingerprint density at radius 3 is 1.38 bits per heavy atom. The van der Waals surface area contributed by atoms with Gasteiger partial charge in [0, 0.05) is 10.8 Å². The molecule has 0 aliphatic carbocycles. The number of fused-ring (bicyclic) bond motifs is 1. The molecule has 1 aromatic heterocycles. The van der Waals surface area contributed by atoms with Gasteiger partial charge in [0.2, 0.25) is 0 Å². The second-order valence-electron chi connectivity index (χ2n) is 8.33. The number of hydrazone groups is 2. The van der Waals surface area contributed by atoms with Crippen LogP contribution in [-0.2, 0) is 0 Å². The third kappa shape index (κ3) is 7.16. The predicted molar refractivity (Wildman–Crippen MR) is 160 cm³/mol. The molecule has 0 saturated carbocycles. The molecule has 2 N–H and O–H groups in total. The zero-order valence-corrected chi connectivity index (χ0v) is 23.2. The fraction of sp³-hybridized carbons (Fsp3) is 0.267. The van der Waals surface area contributed by atoms with Crippen molar-refractivity contribution in [3.05, 3.63) is 71.8 Å². The van der Waals surface area contributed by atoms with Crippen LogP contribution in [0.25, 0.3) is 10.8 Å². The Bertz CT molecular complexity index is 1360. The Hall–Kier alpha value is -4.86. The molecule has 10 nitrogen and oxygen atoms in total.